The fraction of sp³-hybridized carbons (Fsp3) is 0.500. The van der Waals surface area contributed by atoms with Crippen LogP contribution in [0, 0.1) is 24.2 Å². The Morgan fingerprint density at radius 3 is 2.73 bits per heavy atom. The maximum absolute atomic E-state index is 9.57. The molecule has 3 rings (SSSR count). The lowest BCUT2D eigenvalue weighted by molar-refractivity contribution is 0.0338. The van der Waals surface area contributed by atoms with Gasteiger partial charge in [-0.1, -0.05) is 18.2 Å². The zero-order valence-electron chi connectivity index (χ0n) is 13.4. The average molecular weight is 297 g/mol. The summed E-state index contributed by atoms with van der Waals surface area (Å²) in [5.41, 5.74) is 3.83. The molecule has 0 bridgehead atoms. The van der Waals surface area contributed by atoms with Gasteiger partial charge in [0, 0.05) is 43.3 Å². The molecule has 0 aliphatic carbocycles. The molecule has 1 fully saturated rings. The van der Waals surface area contributed by atoms with E-state index >= 15 is 0 Å². The molecule has 2 aromatic rings. The van der Waals surface area contributed by atoms with Crippen LogP contribution in [0.5, 0.6) is 0 Å². The Labute approximate surface area is 131 Å². The molecule has 0 spiro atoms. The van der Waals surface area contributed by atoms with Crippen molar-refractivity contribution in [2.75, 3.05) is 32.8 Å². The van der Waals surface area contributed by atoms with Crippen molar-refractivity contribution in [3.8, 4) is 6.07 Å². The maximum atomic E-state index is 9.57. The van der Waals surface area contributed by atoms with Crippen LogP contribution in [0.3, 0.4) is 0 Å². The molecule has 1 saturated heterocycles. The minimum atomic E-state index is 0.0302. The van der Waals surface area contributed by atoms with E-state index in [1.165, 1.54) is 22.2 Å². The molecular weight excluding hydrogens is 274 g/mol. The van der Waals surface area contributed by atoms with Gasteiger partial charge in [0.1, 0.15) is 0 Å². The molecular formula is C18H23N3O. The lowest BCUT2D eigenvalue weighted by Gasteiger charge is -2.28. The third-order valence-corrected chi connectivity index (χ3v) is 4.75. The molecule has 0 radical (unpaired) electrons. The smallest absolute Gasteiger partial charge is 0.0672 e. The van der Waals surface area contributed by atoms with Gasteiger partial charge in [0.15, 0.2) is 0 Å². The number of hydrogen-bond donors (Lipinski definition) is 0. The van der Waals surface area contributed by atoms with Crippen LogP contribution in [0.1, 0.15) is 11.3 Å². The van der Waals surface area contributed by atoms with Crippen molar-refractivity contribution >= 4 is 10.9 Å². The van der Waals surface area contributed by atoms with Gasteiger partial charge in [-0.3, -0.25) is 4.90 Å². The third-order valence-electron chi connectivity index (χ3n) is 4.75. The summed E-state index contributed by atoms with van der Waals surface area (Å²) in [6.07, 6.45) is 0.820. The van der Waals surface area contributed by atoms with E-state index < -0.39 is 0 Å². The summed E-state index contributed by atoms with van der Waals surface area (Å²) in [4.78, 5) is 2.35. The summed E-state index contributed by atoms with van der Waals surface area (Å²) in [6, 6.07) is 11.0. The van der Waals surface area contributed by atoms with Crippen molar-refractivity contribution in [2.45, 2.75) is 13.3 Å². The number of fused-ring (bicyclic) bond motifs is 1. The van der Waals surface area contributed by atoms with Gasteiger partial charge >= 0.3 is 0 Å². The zero-order valence-corrected chi connectivity index (χ0v) is 13.4. The predicted molar refractivity (Wildman–Crippen MR) is 87.7 cm³/mol. The number of hydrogen-bond acceptors (Lipinski definition) is 3. The average Bonchev–Trinajstić information content (AvgIpc) is 2.80. The van der Waals surface area contributed by atoms with Crippen LogP contribution in [0.25, 0.3) is 10.9 Å². The number of para-hydroxylation sites is 1. The van der Waals surface area contributed by atoms with Crippen molar-refractivity contribution < 1.29 is 4.74 Å². The summed E-state index contributed by atoms with van der Waals surface area (Å²) < 4.78 is 7.62. The normalized spacial score (nSPS) is 17.5. The van der Waals surface area contributed by atoms with Gasteiger partial charge in [-0.15, -0.1) is 0 Å². The van der Waals surface area contributed by atoms with Crippen LogP contribution in [0.4, 0.5) is 0 Å². The van der Waals surface area contributed by atoms with E-state index in [-0.39, 0.29) is 5.92 Å². The minimum Gasteiger partial charge on any atom is -0.379 e. The predicted octanol–water partition coefficient (Wildman–Crippen LogP) is 2.50. The largest absolute Gasteiger partial charge is 0.379 e. The summed E-state index contributed by atoms with van der Waals surface area (Å²) in [5.74, 6) is 0.0302. The molecule has 0 saturated carbocycles. The highest BCUT2D eigenvalue weighted by atomic mass is 16.5. The first-order valence-electron chi connectivity index (χ1n) is 7.93. The van der Waals surface area contributed by atoms with Gasteiger partial charge in [-0.05, 0) is 25.0 Å². The summed E-state index contributed by atoms with van der Waals surface area (Å²) >= 11 is 0. The molecule has 0 N–H and O–H groups in total. The number of morpholine rings is 1. The van der Waals surface area contributed by atoms with Crippen LogP contribution in [-0.2, 0) is 18.2 Å². The molecule has 1 aromatic heterocycles. The van der Waals surface area contributed by atoms with Crippen molar-refractivity contribution in [2.24, 2.45) is 13.0 Å². The summed E-state index contributed by atoms with van der Waals surface area (Å²) in [6.45, 7) is 6.43. The Bertz CT molecular complexity index is 692. The number of aromatic nitrogens is 1. The fourth-order valence-corrected chi connectivity index (χ4v) is 3.35. The van der Waals surface area contributed by atoms with Gasteiger partial charge in [0.2, 0.25) is 0 Å². The molecule has 4 heteroatoms. The van der Waals surface area contributed by atoms with E-state index in [1.54, 1.807) is 0 Å². The van der Waals surface area contributed by atoms with E-state index in [0.717, 1.165) is 39.3 Å². The Morgan fingerprint density at radius 2 is 2.00 bits per heavy atom. The van der Waals surface area contributed by atoms with E-state index in [2.05, 4.69) is 53.8 Å². The van der Waals surface area contributed by atoms with Gasteiger partial charge in [-0.25, -0.2) is 0 Å². The van der Waals surface area contributed by atoms with Crippen LogP contribution in [-0.4, -0.2) is 42.3 Å². The van der Waals surface area contributed by atoms with Crippen molar-refractivity contribution in [3.05, 3.63) is 35.5 Å². The van der Waals surface area contributed by atoms with E-state index in [4.69, 9.17) is 4.74 Å². The van der Waals surface area contributed by atoms with Crippen molar-refractivity contribution in [1.82, 2.24) is 9.47 Å². The Hall–Kier alpha value is -1.83. The zero-order chi connectivity index (χ0) is 15.5. The molecule has 1 unspecified atom stereocenters. The lowest BCUT2D eigenvalue weighted by Crippen LogP contribution is -2.39. The Balaban J connectivity index is 1.82. The van der Waals surface area contributed by atoms with Gasteiger partial charge in [0.05, 0.1) is 25.2 Å². The topological polar surface area (TPSA) is 41.2 Å². The molecule has 1 aromatic carbocycles. The first-order valence-corrected chi connectivity index (χ1v) is 7.93. The number of benzene rings is 1. The molecule has 2 heterocycles. The van der Waals surface area contributed by atoms with Gasteiger partial charge in [0.25, 0.3) is 0 Å². The second kappa shape index (κ2) is 6.51. The van der Waals surface area contributed by atoms with Crippen LogP contribution in [0.2, 0.25) is 0 Å². The summed E-state index contributed by atoms with van der Waals surface area (Å²) in [7, 11) is 2.10. The standard InChI is InChI=1S/C18H23N3O/c1-14-17(16-5-3-4-6-18(16)20(14)2)11-15(12-19)13-21-7-9-22-10-8-21/h3-6,15H,7-11,13H2,1-2H3. The third kappa shape index (κ3) is 2.87. The first kappa shape index (κ1) is 15.1. The molecule has 4 nitrogen and oxygen atoms in total. The van der Waals surface area contributed by atoms with Crippen molar-refractivity contribution in [3.63, 3.8) is 0 Å². The second-order valence-corrected chi connectivity index (χ2v) is 6.08. The van der Waals surface area contributed by atoms with Crippen LogP contribution < -0.4 is 0 Å². The fourth-order valence-electron chi connectivity index (χ4n) is 3.35. The Kier molecular flexibility index (Phi) is 4.47. The molecule has 1 atom stereocenters. The van der Waals surface area contributed by atoms with Gasteiger partial charge < -0.3 is 9.30 Å². The van der Waals surface area contributed by atoms with Crippen molar-refractivity contribution in [1.29, 1.82) is 5.26 Å². The van der Waals surface area contributed by atoms with E-state index in [9.17, 15) is 5.26 Å². The maximum Gasteiger partial charge on any atom is 0.0672 e. The molecule has 0 amide bonds. The van der Waals surface area contributed by atoms with Gasteiger partial charge in [-0.2, -0.15) is 5.26 Å². The van der Waals surface area contributed by atoms with E-state index in [0.29, 0.717) is 0 Å². The second-order valence-electron chi connectivity index (χ2n) is 6.08. The number of nitriles is 1. The molecule has 1 aliphatic heterocycles. The number of nitrogens with zero attached hydrogens (tertiary/aromatic N) is 3. The molecule has 1 aliphatic rings. The minimum absolute atomic E-state index is 0.0302. The lowest BCUT2D eigenvalue weighted by atomic mass is 9.97. The van der Waals surface area contributed by atoms with Crippen LogP contribution >= 0.6 is 0 Å². The number of ether oxygens (including phenoxy) is 1. The van der Waals surface area contributed by atoms with Crippen LogP contribution in [0.15, 0.2) is 24.3 Å². The quantitative estimate of drug-likeness (QED) is 0.870. The number of rotatable bonds is 4. The molecule has 116 valence electrons. The highest BCUT2D eigenvalue weighted by Crippen LogP contribution is 2.27. The highest BCUT2D eigenvalue weighted by molar-refractivity contribution is 5.85. The Morgan fingerprint density at radius 1 is 1.27 bits per heavy atom. The highest BCUT2D eigenvalue weighted by Gasteiger charge is 2.20. The number of aryl methyl sites for hydroxylation is 1. The summed E-state index contributed by atoms with van der Waals surface area (Å²) in [5, 5.41) is 10.9. The molecule has 22 heavy (non-hydrogen) atoms. The van der Waals surface area contributed by atoms with E-state index in [1.807, 2.05) is 0 Å². The first-order chi connectivity index (χ1) is 10.7. The SMILES string of the molecule is Cc1c(CC(C#N)CN2CCOCC2)c2ccccc2n1C. The monoisotopic (exact) mass is 297 g/mol.